The Hall–Kier alpha value is -1.13. The summed E-state index contributed by atoms with van der Waals surface area (Å²) in [6.45, 7) is 0. The minimum atomic E-state index is -1.16. The van der Waals surface area contributed by atoms with Crippen molar-refractivity contribution in [3.63, 3.8) is 0 Å². The van der Waals surface area contributed by atoms with E-state index in [0.717, 1.165) is 18.2 Å². The van der Waals surface area contributed by atoms with Gasteiger partial charge < -0.3 is 5.11 Å². The van der Waals surface area contributed by atoms with Crippen LogP contribution in [0.2, 0.25) is 10.3 Å². The molecule has 1 heterocycles. The van der Waals surface area contributed by atoms with Gasteiger partial charge in [0.2, 0.25) is 0 Å². The first-order chi connectivity index (χ1) is 6.50. The lowest BCUT2D eigenvalue weighted by Gasteiger charge is -1.98. The SMILES string of the molecule is O=C(O)/C=C/c1cc(F)c(Cl)nc1Cl. The molecule has 0 saturated carbocycles. The van der Waals surface area contributed by atoms with E-state index in [0.29, 0.717) is 0 Å². The van der Waals surface area contributed by atoms with E-state index in [1.165, 1.54) is 0 Å². The number of nitrogens with zero attached hydrogens (tertiary/aromatic N) is 1. The summed E-state index contributed by atoms with van der Waals surface area (Å²) in [7, 11) is 0. The second-order valence-corrected chi connectivity index (χ2v) is 3.03. The highest BCUT2D eigenvalue weighted by atomic mass is 35.5. The quantitative estimate of drug-likeness (QED) is 0.634. The Morgan fingerprint density at radius 2 is 2.14 bits per heavy atom. The molecule has 6 heteroatoms. The number of aliphatic carboxylic acids is 1. The summed E-state index contributed by atoms with van der Waals surface area (Å²) in [5.74, 6) is -1.91. The summed E-state index contributed by atoms with van der Waals surface area (Å²) in [6, 6.07) is 1.01. The normalized spacial score (nSPS) is 10.8. The number of halogens is 3. The number of aromatic nitrogens is 1. The van der Waals surface area contributed by atoms with E-state index in [1.54, 1.807) is 0 Å². The van der Waals surface area contributed by atoms with Crippen molar-refractivity contribution in [3.05, 3.63) is 33.8 Å². The average molecular weight is 236 g/mol. The second kappa shape index (κ2) is 4.39. The van der Waals surface area contributed by atoms with Gasteiger partial charge in [0.1, 0.15) is 5.15 Å². The van der Waals surface area contributed by atoms with Crippen LogP contribution in [0.15, 0.2) is 12.1 Å². The summed E-state index contributed by atoms with van der Waals surface area (Å²) in [4.78, 5) is 13.6. The van der Waals surface area contributed by atoms with Gasteiger partial charge in [0.25, 0.3) is 0 Å². The number of pyridine rings is 1. The Balaban J connectivity index is 3.10. The Morgan fingerprint density at radius 1 is 1.50 bits per heavy atom. The molecule has 1 N–H and O–H groups in total. The highest BCUT2D eigenvalue weighted by Gasteiger charge is 2.06. The number of carboxylic acids is 1. The Bertz CT molecular complexity index is 407. The first-order valence-corrected chi connectivity index (χ1v) is 4.19. The summed E-state index contributed by atoms with van der Waals surface area (Å²) in [6.07, 6.45) is 1.97. The minimum Gasteiger partial charge on any atom is -0.478 e. The lowest BCUT2D eigenvalue weighted by molar-refractivity contribution is -0.131. The van der Waals surface area contributed by atoms with E-state index in [4.69, 9.17) is 28.3 Å². The third kappa shape index (κ3) is 2.68. The van der Waals surface area contributed by atoms with Crippen molar-refractivity contribution < 1.29 is 14.3 Å². The Kier molecular flexibility index (Phi) is 3.43. The molecule has 1 aromatic heterocycles. The van der Waals surface area contributed by atoms with Crippen LogP contribution in [-0.2, 0) is 4.79 Å². The number of hydrogen-bond donors (Lipinski definition) is 1. The fraction of sp³-hybridized carbons (Fsp3) is 0. The van der Waals surface area contributed by atoms with Crippen LogP contribution in [0.5, 0.6) is 0 Å². The first kappa shape index (κ1) is 10.9. The van der Waals surface area contributed by atoms with E-state index in [1.807, 2.05) is 0 Å². The molecular weight excluding hydrogens is 232 g/mol. The molecule has 0 aliphatic heterocycles. The van der Waals surface area contributed by atoms with E-state index in [-0.39, 0.29) is 15.9 Å². The first-order valence-electron chi connectivity index (χ1n) is 3.43. The molecule has 0 aromatic carbocycles. The van der Waals surface area contributed by atoms with Crippen LogP contribution in [0.25, 0.3) is 6.08 Å². The molecule has 1 aromatic rings. The van der Waals surface area contributed by atoms with Gasteiger partial charge in [0.15, 0.2) is 11.0 Å². The van der Waals surface area contributed by atoms with Crippen molar-refractivity contribution in [2.45, 2.75) is 0 Å². The van der Waals surface area contributed by atoms with Gasteiger partial charge in [-0.05, 0) is 12.1 Å². The Morgan fingerprint density at radius 3 is 2.71 bits per heavy atom. The second-order valence-electron chi connectivity index (χ2n) is 2.31. The summed E-state index contributed by atoms with van der Waals surface area (Å²) < 4.78 is 12.8. The van der Waals surface area contributed by atoms with E-state index in [9.17, 15) is 9.18 Å². The minimum absolute atomic E-state index is 0.0473. The molecule has 0 aliphatic carbocycles. The number of rotatable bonds is 2. The van der Waals surface area contributed by atoms with Crippen LogP contribution in [0, 0.1) is 5.82 Å². The standard InChI is InChI=1S/C8H4Cl2FNO2/c9-7-4(1-2-6(13)14)3-5(11)8(10)12-7/h1-3H,(H,13,14)/b2-1+. The van der Waals surface area contributed by atoms with Gasteiger partial charge >= 0.3 is 5.97 Å². The molecule has 1 rings (SSSR count). The maximum Gasteiger partial charge on any atom is 0.328 e. The smallest absolute Gasteiger partial charge is 0.328 e. The molecule has 3 nitrogen and oxygen atoms in total. The Labute approximate surface area is 88.8 Å². The molecule has 0 saturated heterocycles. The molecule has 14 heavy (non-hydrogen) atoms. The van der Waals surface area contributed by atoms with Crippen LogP contribution in [0.1, 0.15) is 5.56 Å². The van der Waals surface area contributed by atoms with Crippen molar-refractivity contribution in [1.29, 1.82) is 0 Å². The van der Waals surface area contributed by atoms with Gasteiger partial charge in [-0.3, -0.25) is 0 Å². The molecular formula is C8H4Cl2FNO2. The van der Waals surface area contributed by atoms with Crippen LogP contribution in [0.4, 0.5) is 4.39 Å². The van der Waals surface area contributed by atoms with E-state index < -0.39 is 11.8 Å². The fourth-order valence-corrected chi connectivity index (χ4v) is 1.12. The van der Waals surface area contributed by atoms with Crippen molar-refractivity contribution in [2.24, 2.45) is 0 Å². The largest absolute Gasteiger partial charge is 0.478 e. The van der Waals surface area contributed by atoms with Gasteiger partial charge in [-0.1, -0.05) is 23.2 Å². The lowest BCUT2D eigenvalue weighted by Crippen LogP contribution is -1.90. The maximum atomic E-state index is 12.8. The van der Waals surface area contributed by atoms with Crippen LogP contribution < -0.4 is 0 Å². The van der Waals surface area contributed by atoms with Crippen LogP contribution in [0.3, 0.4) is 0 Å². The number of hydrogen-bond acceptors (Lipinski definition) is 2. The predicted molar refractivity (Wildman–Crippen MR) is 50.9 cm³/mol. The highest BCUT2D eigenvalue weighted by molar-refractivity contribution is 6.33. The zero-order valence-electron chi connectivity index (χ0n) is 6.67. The molecule has 0 spiro atoms. The summed E-state index contributed by atoms with van der Waals surface area (Å²) in [5, 5.41) is 7.93. The molecule has 74 valence electrons. The van der Waals surface area contributed by atoms with Gasteiger partial charge in [-0.25, -0.2) is 14.2 Å². The van der Waals surface area contributed by atoms with Gasteiger partial charge in [0.05, 0.1) is 0 Å². The summed E-state index contributed by atoms with van der Waals surface area (Å²) in [5.41, 5.74) is 0.163. The topological polar surface area (TPSA) is 50.2 Å². The molecule has 0 aliphatic rings. The lowest BCUT2D eigenvalue weighted by atomic mass is 10.2. The zero-order chi connectivity index (χ0) is 10.7. The third-order valence-electron chi connectivity index (χ3n) is 1.32. The molecule has 0 radical (unpaired) electrons. The maximum absolute atomic E-state index is 12.8. The highest BCUT2D eigenvalue weighted by Crippen LogP contribution is 2.21. The number of carbonyl (C=O) groups is 1. The molecule has 0 bridgehead atoms. The molecule has 0 atom stereocenters. The monoisotopic (exact) mass is 235 g/mol. The molecule has 0 fully saturated rings. The van der Waals surface area contributed by atoms with Gasteiger partial charge in [-0.15, -0.1) is 0 Å². The van der Waals surface area contributed by atoms with Crippen LogP contribution in [-0.4, -0.2) is 16.1 Å². The van der Waals surface area contributed by atoms with Crippen LogP contribution >= 0.6 is 23.2 Å². The van der Waals surface area contributed by atoms with Crippen molar-refractivity contribution in [3.8, 4) is 0 Å². The van der Waals surface area contributed by atoms with E-state index in [2.05, 4.69) is 4.98 Å². The molecule has 0 unspecified atom stereocenters. The number of carboxylic acid groups (broad SMARTS) is 1. The predicted octanol–water partition coefficient (Wildman–Crippen LogP) is 2.63. The van der Waals surface area contributed by atoms with Gasteiger partial charge in [0, 0.05) is 11.6 Å². The summed E-state index contributed by atoms with van der Waals surface area (Å²) >= 11 is 10.9. The van der Waals surface area contributed by atoms with Crippen molar-refractivity contribution in [2.75, 3.05) is 0 Å². The van der Waals surface area contributed by atoms with Crippen molar-refractivity contribution >= 4 is 35.2 Å². The zero-order valence-corrected chi connectivity index (χ0v) is 8.18. The van der Waals surface area contributed by atoms with E-state index >= 15 is 0 Å². The van der Waals surface area contributed by atoms with Crippen molar-refractivity contribution in [1.82, 2.24) is 4.98 Å². The fourth-order valence-electron chi connectivity index (χ4n) is 0.738. The molecule has 0 amide bonds. The average Bonchev–Trinajstić information content (AvgIpc) is 2.09. The third-order valence-corrected chi connectivity index (χ3v) is 1.89. The van der Waals surface area contributed by atoms with Gasteiger partial charge in [-0.2, -0.15) is 0 Å².